The van der Waals surface area contributed by atoms with E-state index in [-0.39, 0.29) is 16.5 Å². The van der Waals surface area contributed by atoms with Gasteiger partial charge in [0.1, 0.15) is 15.2 Å². The molecule has 1 N–H and O–H groups in total. The number of nitrogens with zero attached hydrogens (tertiary/aromatic N) is 1. The lowest BCUT2D eigenvalue weighted by Gasteiger charge is -1.77. The fourth-order valence-electron chi connectivity index (χ4n) is 0.424. The maximum absolute atomic E-state index is 10.7. The van der Waals surface area contributed by atoms with Crippen molar-refractivity contribution in [2.24, 2.45) is 7.05 Å². The minimum atomic E-state index is -0.980. The zero-order valence-corrected chi connectivity index (χ0v) is 10.0. The van der Waals surface area contributed by atoms with Crippen LogP contribution in [-0.4, -0.2) is 20.9 Å². The lowest BCUT2D eigenvalue weighted by molar-refractivity contribution is -0.134. The predicted molar refractivity (Wildman–Crippen MR) is 57.9 cm³/mol. The molecule has 0 aliphatic carbocycles. The fourth-order valence-corrected chi connectivity index (χ4v) is 1.68. The van der Waals surface area contributed by atoms with Gasteiger partial charge in [-0.3, -0.25) is 13.5 Å². The van der Waals surface area contributed by atoms with Crippen LogP contribution in [0.2, 0.25) is 9.36 Å². The molecule has 0 spiro atoms. The fraction of sp³-hybridized carbons (Fsp3) is 0.333. The summed E-state index contributed by atoms with van der Waals surface area (Å²) in [5.74, 6) is -1.29. The van der Waals surface area contributed by atoms with E-state index >= 15 is 0 Å². The number of alkyl halides is 1. The van der Waals surface area contributed by atoms with Crippen LogP contribution in [-0.2, 0) is 11.8 Å². The number of aliphatic carboxylic acids is 1. The Balaban J connectivity index is 0.000000292. The summed E-state index contributed by atoms with van der Waals surface area (Å²) in [6, 6.07) is 0. The molecule has 4 nitrogen and oxygen atoms in total. The van der Waals surface area contributed by atoms with Crippen molar-refractivity contribution in [1.82, 2.24) is 3.96 Å². The summed E-state index contributed by atoms with van der Waals surface area (Å²) in [7, 11) is 1.62. The zero-order valence-electron chi connectivity index (χ0n) is 6.96. The van der Waals surface area contributed by atoms with Crippen molar-refractivity contribution >= 4 is 52.3 Å². The number of hydrogen-bond acceptors (Lipinski definition) is 3. The molecule has 0 saturated heterocycles. The van der Waals surface area contributed by atoms with Crippen LogP contribution in [0.5, 0.6) is 0 Å². The highest BCUT2D eigenvalue weighted by Crippen LogP contribution is 2.21. The molecule has 0 fully saturated rings. The number of carbonyl (C=O) groups is 1. The summed E-state index contributed by atoms with van der Waals surface area (Å²) in [5.41, 5.74) is -0.230. The summed E-state index contributed by atoms with van der Waals surface area (Å²) >= 11 is 16.8. The molecule has 0 aliphatic rings. The second kappa shape index (κ2) is 6.29. The van der Waals surface area contributed by atoms with Crippen molar-refractivity contribution in [3.8, 4) is 0 Å². The zero-order chi connectivity index (χ0) is 11.3. The molecule has 80 valence electrons. The normalized spacial score (nSPS) is 9.14. The lowest BCUT2D eigenvalue weighted by atomic mass is 10.7. The minimum absolute atomic E-state index is 0.115. The van der Waals surface area contributed by atoms with E-state index in [1.54, 1.807) is 7.05 Å². The van der Waals surface area contributed by atoms with E-state index in [2.05, 4.69) is 0 Å². The monoisotopic (exact) mass is 277 g/mol. The van der Waals surface area contributed by atoms with E-state index in [0.717, 1.165) is 11.5 Å². The largest absolute Gasteiger partial charge is 0.480 e. The Morgan fingerprint density at radius 1 is 1.57 bits per heavy atom. The second-order valence-corrected chi connectivity index (χ2v) is 4.39. The molecule has 0 aromatic carbocycles. The van der Waals surface area contributed by atoms with E-state index in [4.69, 9.17) is 39.9 Å². The van der Waals surface area contributed by atoms with Crippen molar-refractivity contribution in [3.63, 3.8) is 0 Å². The summed E-state index contributed by atoms with van der Waals surface area (Å²) in [5, 5.41) is 7.71. The Morgan fingerprint density at radius 3 is 2.07 bits per heavy atom. The second-order valence-electron chi connectivity index (χ2n) is 2.01. The van der Waals surface area contributed by atoms with Gasteiger partial charge in [-0.25, -0.2) is 0 Å². The third-order valence-corrected chi connectivity index (χ3v) is 2.97. The van der Waals surface area contributed by atoms with Gasteiger partial charge in [0, 0.05) is 7.05 Å². The molecule has 0 aliphatic heterocycles. The van der Waals surface area contributed by atoms with E-state index in [1.807, 2.05) is 0 Å². The molecule has 0 radical (unpaired) electrons. The van der Waals surface area contributed by atoms with E-state index in [1.165, 1.54) is 3.96 Å². The number of carboxylic acids is 1. The van der Waals surface area contributed by atoms with Gasteiger partial charge in [-0.1, -0.05) is 23.2 Å². The van der Waals surface area contributed by atoms with Crippen molar-refractivity contribution in [2.75, 3.05) is 5.88 Å². The molecule has 0 bridgehead atoms. The minimum Gasteiger partial charge on any atom is -0.480 e. The van der Waals surface area contributed by atoms with Crippen LogP contribution in [0.4, 0.5) is 0 Å². The maximum Gasteiger partial charge on any atom is 0.318 e. The highest BCUT2D eigenvalue weighted by Gasteiger charge is 2.06. The quantitative estimate of drug-likeness (QED) is 0.800. The van der Waals surface area contributed by atoms with Crippen LogP contribution < -0.4 is 5.56 Å². The number of hydrogen-bond donors (Lipinski definition) is 1. The molecular weight excluding hydrogens is 272 g/mol. The Morgan fingerprint density at radius 2 is 2.00 bits per heavy atom. The number of aryl methyl sites for hydroxylation is 1. The first-order chi connectivity index (χ1) is 6.40. The Bertz CT molecular complexity index is 373. The molecule has 0 saturated carbocycles. The molecule has 1 aromatic heterocycles. The van der Waals surface area contributed by atoms with Gasteiger partial charge < -0.3 is 5.11 Å². The third-order valence-electron chi connectivity index (χ3n) is 0.978. The van der Waals surface area contributed by atoms with E-state index in [9.17, 15) is 9.59 Å². The van der Waals surface area contributed by atoms with Crippen molar-refractivity contribution in [3.05, 3.63) is 19.7 Å². The summed E-state index contributed by atoms with van der Waals surface area (Å²) in [6.45, 7) is 0. The Hall–Kier alpha value is -0.230. The standard InChI is InChI=1S/C4H3Cl2NOS.C2H3ClO2/c1-7-4(8)2(5)3(6)9-7;3-1-2(4)5/h1H3;1H2,(H,4,5). The van der Waals surface area contributed by atoms with E-state index < -0.39 is 5.97 Å². The Labute approximate surface area is 98.8 Å². The van der Waals surface area contributed by atoms with Crippen LogP contribution in [0.3, 0.4) is 0 Å². The van der Waals surface area contributed by atoms with Gasteiger partial charge in [-0.15, -0.1) is 11.6 Å². The molecular formula is C6H6Cl3NO3S. The first-order valence-electron chi connectivity index (χ1n) is 3.19. The number of rotatable bonds is 1. The highest BCUT2D eigenvalue weighted by molar-refractivity contribution is 7.11. The molecule has 1 heterocycles. The van der Waals surface area contributed by atoms with Gasteiger partial charge in [-0.05, 0) is 11.5 Å². The molecule has 0 atom stereocenters. The van der Waals surface area contributed by atoms with Gasteiger partial charge in [0.05, 0.1) is 0 Å². The maximum atomic E-state index is 10.7. The molecule has 1 aromatic rings. The van der Waals surface area contributed by atoms with Crippen LogP contribution in [0, 0.1) is 0 Å². The van der Waals surface area contributed by atoms with Crippen molar-refractivity contribution in [2.45, 2.75) is 0 Å². The average molecular weight is 279 g/mol. The van der Waals surface area contributed by atoms with Crippen LogP contribution in [0.25, 0.3) is 0 Å². The first-order valence-corrected chi connectivity index (χ1v) is 5.25. The summed E-state index contributed by atoms with van der Waals surface area (Å²) in [4.78, 5) is 20.0. The van der Waals surface area contributed by atoms with Gasteiger partial charge in [0.25, 0.3) is 5.56 Å². The predicted octanol–water partition coefficient (Wildman–Crippen LogP) is 2.06. The van der Waals surface area contributed by atoms with Crippen molar-refractivity contribution in [1.29, 1.82) is 0 Å². The molecule has 14 heavy (non-hydrogen) atoms. The van der Waals surface area contributed by atoms with Gasteiger partial charge >= 0.3 is 5.97 Å². The summed E-state index contributed by atoms with van der Waals surface area (Å²) < 4.78 is 1.73. The highest BCUT2D eigenvalue weighted by atomic mass is 35.5. The van der Waals surface area contributed by atoms with Gasteiger partial charge in [-0.2, -0.15) is 0 Å². The molecule has 1 rings (SSSR count). The topological polar surface area (TPSA) is 59.3 Å². The van der Waals surface area contributed by atoms with Gasteiger partial charge in [0.2, 0.25) is 0 Å². The summed E-state index contributed by atoms with van der Waals surface area (Å²) in [6.07, 6.45) is 0. The SMILES string of the molecule is Cn1sc(Cl)c(Cl)c1=O.O=C(O)CCl. The number of aromatic nitrogens is 1. The number of carboxylic acid groups (broad SMARTS) is 1. The van der Waals surface area contributed by atoms with Crippen LogP contribution in [0.1, 0.15) is 0 Å². The first kappa shape index (κ1) is 13.8. The third kappa shape index (κ3) is 4.32. The molecule has 0 amide bonds. The average Bonchev–Trinajstić information content (AvgIpc) is 2.34. The molecule has 0 unspecified atom stereocenters. The van der Waals surface area contributed by atoms with Crippen LogP contribution in [0.15, 0.2) is 4.79 Å². The number of halogens is 3. The smallest absolute Gasteiger partial charge is 0.318 e. The lowest BCUT2D eigenvalue weighted by Crippen LogP contribution is -2.07. The Kier molecular flexibility index (Phi) is 6.19. The van der Waals surface area contributed by atoms with Gasteiger partial charge in [0.15, 0.2) is 0 Å². The van der Waals surface area contributed by atoms with Crippen LogP contribution >= 0.6 is 46.3 Å². The van der Waals surface area contributed by atoms with E-state index in [0.29, 0.717) is 4.34 Å². The van der Waals surface area contributed by atoms with Crippen molar-refractivity contribution < 1.29 is 9.90 Å². The molecule has 8 heteroatoms.